The summed E-state index contributed by atoms with van der Waals surface area (Å²) in [7, 11) is 2.19. The van der Waals surface area contributed by atoms with Crippen molar-refractivity contribution >= 4 is 21.6 Å². The summed E-state index contributed by atoms with van der Waals surface area (Å²) in [6.45, 7) is 1.20. The molecule has 1 aliphatic rings. The van der Waals surface area contributed by atoms with Crippen LogP contribution in [0.15, 0.2) is 22.8 Å². The van der Waals surface area contributed by atoms with Crippen molar-refractivity contribution < 1.29 is 0 Å². The molecule has 17 heavy (non-hydrogen) atoms. The highest BCUT2D eigenvalue weighted by molar-refractivity contribution is 9.10. The number of fused-ring (bicyclic) bond motifs is 1. The number of pyridine rings is 1. The molecule has 0 aromatic carbocycles. The van der Waals surface area contributed by atoms with Crippen molar-refractivity contribution in [1.82, 2.24) is 19.5 Å². The molecule has 0 saturated carbocycles. The van der Waals surface area contributed by atoms with Crippen LogP contribution in [0.25, 0.3) is 5.65 Å². The summed E-state index contributed by atoms with van der Waals surface area (Å²) in [6.07, 6.45) is 5.57. The van der Waals surface area contributed by atoms with Gasteiger partial charge in [0.2, 0.25) is 0 Å². The maximum Gasteiger partial charge on any atom is 0.175 e. The Hall–Kier alpha value is -0.940. The Kier molecular flexibility index (Phi) is 2.88. The average Bonchev–Trinajstić information content (AvgIpc) is 2.89. The minimum Gasteiger partial charge on any atom is -0.303 e. The minimum atomic E-state index is 0.612. The Morgan fingerprint density at radius 2 is 2.35 bits per heavy atom. The molecule has 2 aromatic heterocycles. The topological polar surface area (TPSA) is 33.4 Å². The number of nitrogens with zero attached hydrogens (tertiary/aromatic N) is 4. The van der Waals surface area contributed by atoms with Crippen molar-refractivity contribution in [2.45, 2.75) is 25.3 Å². The summed E-state index contributed by atoms with van der Waals surface area (Å²) in [6, 6.07) is 4.62. The Morgan fingerprint density at radius 1 is 1.47 bits per heavy atom. The molecule has 5 heteroatoms. The van der Waals surface area contributed by atoms with Gasteiger partial charge in [0.25, 0.3) is 0 Å². The largest absolute Gasteiger partial charge is 0.303 e. The first-order valence-electron chi connectivity index (χ1n) is 5.94. The third-order valence-electron chi connectivity index (χ3n) is 3.55. The maximum absolute atomic E-state index is 4.31. The number of hydrogen-bond donors (Lipinski definition) is 0. The van der Waals surface area contributed by atoms with E-state index in [1.807, 2.05) is 18.3 Å². The Bertz CT molecular complexity index is 536. The highest BCUT2D eigenvalue weighted by Crippen LogP contribution is 2.21. The SMILES string of the molecule is CN1CCCC1Cc1nnc2c(Br)cccn12. The summed E-state index contributed by atoms with van der Waals surface area (Å²) in [5.74, 6) is 1.06. The maximum atomic E-state index is 4.31. The molecule has 1 aliphatic heterocycles. The lowest BCUT2D eigenvalue weighted by Gasteiger charge is -2.18. The molecule has 0 aliphatic carbocycles. The fourth-order valence-electron chi connectivity index (χ4n) is 2.52. The Morgan fingerprint density at radius 3 is 3.12 bits per heavy atom. The number of aromatic nitrogens is 3. The van der Waals surface area contributed by atoms with Gasteiger partial charge >= 0.3 is 0 Å². The predicted octanol–water partition coefficient (Wildman–Crippen LogP) is 2.13. The third kappa shape index (κ3) is 1.98. The van der Waals surface area contributed by atoms with E-state index in [-0.39, 0.29) is 0 Å². The fraction of sp³-hybridized carbons (Fsp3) is 0.500. The zero-order chi connectivity index (χ0) is 11.8. The second kappa shape index (κ2) is 4.38. The van der Waals surface area contributed by atoms with Crippen LogP contribution < -0.4 is 0 Å². The van der Waals surface area contributed by atoms with Crippen LogP contribution in [-0.2, 0) is 6.42 Å². The van der Waals surface area contributed by atoms with Crippen molar-refractivity contribution in [3.05, 3.63) is 28.6 Å². The highest BCUT2D eigenvalue weighted by Gasteiger charge is 2.23. The van der Waals surface area contributed by atoms with E-state index in [4.69, 9.17) is 0 Å². The molecule has 0 N–H and O–H groups in total. The molecule has 0 bridgehead atoms. The van der Waals surface area contributed by atoms with E-state index in [0.717, 1.165) is 22.4 Å². The summed E-state index contributed by atoms with van der Waals surface area (Å²) in [5, 5.41) is 8.54. The fourth-order valence-corrected chi connectivity index (χ4v) is 2.94. The Balaban J connectivity index is 1.93. The van der Waals surface area contributed by atoms with Gasteiger partial charge < -0.3 is 4.90 Å². The molecule has 1 fully saturated rings. The van der Waals surface area contributed by atoms with Crippen LogP contribution in [0, 0.1) is 0 Å². The Labute approximate surface area is 109 Å². The van der Waals surface area contributed by atoms with Crippen molar-refractivity contribution in [2.75, 3.05) is 13.6 Å². The summed E-state index contributed by atoms with van der Waals surface area (Å²) in [5.41, 5.74) is 0.906. The molecule has 0 radical (unpaired) electrons. The molecule has 2 aromatic rings. The molecule has 3 rings (SSSR count). The third-order valence-corrected chi connectivity index (χ3v) is 4.17. The molecule has 90 valence electrons. The lowest BCUT2D eigenvalue weighted by Crippen LogP contribution is -2.27. The average molecular weight is 295 g/mol. The van der Waals surface area contributed by atoms with Crippen LogP contribution in [0.3, 0.4) is 0 Å². The predicted molar refractivity (Wildman–Crippen MR) is 70.0 cm³/mol. The van der Waals surface area contributed by atoms with Crippen molar-refractivity contribution in [3.8, 4) is 0 Å². The van der Waals surface area contributed by atoms with E-state index in [1.165, 1.54) is 19.4 Å². The van der Waals surface area contributed by atoms with E-state index in [0.29, 0.717) is 6.04 Å². The van der Waals surface area contributed by atoms with E-state index >= 15 is 0 Å². The summed E-state index contributed by atoms with van der Waals surface area (Å²) >= 11 is 3.50. The van der Waals surface area contributed by atoms with Gasteiger partial charge in [-0.2, -0.15) is 0 Å². The quantitative estimate of drug-likeness (QED) is 0.851. The van der Waals surface area contributed by atoms with E-state index in [2.05, 4.69) is 42.5 Å². The van der Waals surface area contributed by atoms with Crippen molar-refractivity contribution in [2.24, 2.45) is 0 Å². The first-order valence-corrected chi connectivity index (χ1v) is 6.73. The van der Waals surface area contributed by atoms with Crippen LogP contribution in [0.4, 0.5) is 0 Å². The van der Waals surface area contributed by atoms with Crippen molar-refractivity contribution in [1.29, 1.82) is 0 Å². The molecule has 1 unspecified atom stereocenters. The van der Waals surface area contributed by atoms with Gasteiger partial charge in [0.15, 0.2) is 5.65 Å². The zero-order valence-electron chi connectivity index (χ0n) is 9.80. The van der Waals surface area contributed by atoms with E-state index < -0.39 is 0 Å². The van der Waals surface area contributed by atoms with Crippen LogP contribution >= 0.6 is 15.9 Å². The number of rotatable bonds is 2. The van der Waals surface area contributed by atoms with Crippen LogP contribution in [0.2, 0.25) is 0 Å². The summed E-state index contributed by atoms with van der Waals surface area (Å²) in [4.78, 5) is 2.42. The molecule has 0 spiro atoms. The molecule has 1 saturated heterocycles. The lowest BCUT2D eigenvalue weighted by atomic mass is 10.1. The van der Waals surface area contributed by atoms with Crippen molar-refractivity contribution in [3.63, 3.8) is 0 Å². The second-order valence-corrected chi connectivity index (χ2v) is 5.50. The van der Waals surface area contributed by atoms with Crippen LogP contribution in [0.1, 0.15) is 18.7 Å². The second-order valence-electron chi connectivity index (χ2n) is 4.65. The highest BCUT2D eigenvalue weighted by atomic mass is 79.9. The van der Waals surface area contributed by atoms with Gasteiger partial charge in [0.1, 0.15) is 5.82 Å². The molecule has 3 heterocycles. The first-order chi connectivity index (χ1) is 8.25. The van der Waals surface area contributed by atoms with E-state index in [1.54, 1.807) is 0 Å². The van der Waals surface area contributed by atoms with E-state index in [9.17, 15) is 0 Å². The smallest absolute Gasteiger partial charge is 0.175 e. The van der Waals surface area contributed by atoms with Gasteiger partial charge in [0, 0.05) is 18.7 Å². The van der Waals surface area contributed by atoms with Gasteiger partial charge in [-0.15, -0.1) is 10.2 Å². The minimum absolute atomic E-state index is 0.612. The molecule has 4 nitrogen and oxygen atoms in total. The van der Waals surface area contributed by atoms with Gasteiger partial charge in [-0.05, 0) is 54.5 Å². The molecule has 1 atom stereocenters. The van der Waals surface area contributed by atoms with Gasteiger partial charge in [-0.1, -0.05) is 0 Å². The lowest BCUT2D eigenvalue weighted by molar-refractivity contribution is 0.305. The first kappa shape index (κ1) is 11.2. The van der Waals surface area contributed by atoms with Gasteiger partial charge in [0.05, 0.1) is 4.47 Å². The van der Waals surface area contributed by atoms with Crippen LogP contribution in [-0.4, -0.2) is 39.1 Å². The number of hydrogen-bond acceptors (Lipinski definition) is 3. The van der Waals surface area contributed by atoms with Gasteiger partial charge in [-0.25, -0.2) is 0 Å². The molecular weight excluding hydrogens is 280 g/mol. The zero-order valence-corrected chi connectivity index (χ0v) is 11.4. The van der Waals surface area contributed by atoms with Gasteiger partial charge in [-0.3, -0.25) is 4.40 Å². The number of likely N-dealkylation sites (tertiary alicyclic amines) is 1. The molecular formula is C12H15BrN4. The monoisotopic (exact) mass is 294 g/mol. The summed E-state index contributed by atoms with van der Waals surface area (Å²) < 4.78 is 3.08. The molecule has 0 amide bonds. The standard InChI is InChI=1S/C12H15BrN4/c1-16-6-2-4-9(16)8-11-14-15-12-10(13)5-3-7-17(11)12/h3,5,7,9H,2,4,6,8H2,1H3. The normalized spacial score (nSPS) is 21.4. The van der Waals surface area contributed by atoms with Crippen LogP contribution in [0.5, 0.6) is 0 Å². The number of likely N-dealkylation sites (N-methyl/N-ethyl adjacent to an activating group) is 1. The number of halogens is 1.